The molecule has 0 aliphatic heterocycles. The molecule has 0 aliphatic rings. The van der Waals surface area contributed by atoms with Gasteiger partial charge in [0.15, 0.2) is 0 Å². The van der Waals surface area contributed by atoms with Crippen molar-refractivity contribution in [3.63, 3.8) is 0 Å². The van der Waals surface area contributed by atoms with Crippen LogP contribution in [0.25, 0.3) is 0 Å². The van der Waals surface area contributed by atoms with Gasteiger partial charge in [-0.15, -0.1) is 0 Å². The summed E-state index contributed by atoms with van der Waals surface area (Å²) >= 11 is 0. The molecule has 0 unspecified atom stereocenters. The maximum atomic E-state index is 12.5. The summed E-state index contributed by atoms with van der Waals surface area (Å²) in [5, 5.41) is 12.0. The molecule has 0 radical (unpaired) electrons. The minimum atomic E-state index is -4.31. The normalized spacial score (nSPS) is 12.8. The Morgan fingerprint density at radius 1 is 1.22 bits per heavy atom. The zero-order chi connectivity index (χ0) is 13.8. The van der Waals surface area contributed by atoms with Crippen LogP contribution >= 0.6 is 0 Å². The lowest BCUT2D eigenvalue weighted by Gasteiger charge is -2.25. The van der Waals surface area contributed by atoms with E-state index in [0.29, 0.717) is 18.5 Å². The minimum Gasteiger partial charge on any atom is -0.396 e. The molecule has 5 heteroatoms. The van der Waals surface area contributed by atoms with E-state index < -0.39 is 11.7 Å². The van der Waals surface area contributed by atoms with Crippen molar-refractivity contribution in [2.24, 2.45) is 0 Å². The number of aliphatic hydroxyl groups is 1. The van der Waals surface area contributed by atoms with Crippen molar-refractivity contribution >= 4 is 0 Å². The number of alkyl halides is 3. The molecular weight excluding hydrogens is 243 g/mol. The van der Waals surface area contributed by atoms with Crippen LogP contribution in [-0.2, 0) is 12.7 Å². The Labute approximate surface area is 105 Å². The molecule has 18 heavy (non-hydrogen) atoms. The highest BCUT2D eigenvalue weighted by atomic mass is 19.4. The topological polar surface area (TPSA) is 32.3 Å². The van der Waals surface area contributed by atoms with Crippen LogP contribution in [0.4, 0.5) is 13.2 Å². The molecule has 0 saturated carbocycles. The molecule has 2 nitrogen and oxygen atoms in total. The number of aliphatic hydroxyl groups excluding tert-OH is 1. The molecule has 0 amide bonds. The van der Waals surface area contributed by atoms with Gasteiger partial charge in [0.1, 0.15) is 0 Å². The zero-order valence-electron chi connectivity index (χ0n) is 10.5. The maximum Gasteiger partial charge on any atom is 0.416 e. The van der Waals surface area contributed by atoms with Crippen LogP contribution in [-0.4, -0.2) is 17.3 Å². The van der Waals surface area contributed by atoms with Crippen molar-refractivity contribution in [3.8, 4) is 0 Å². The first-order valence-electron chi connectivity index (χ1n) is 5.77. The van der Waals surface area contributed by atoms with E-state index in [1.807, 2.05) is 13.8 Å². The monoisotopic (exact) mass is 261 g/mol. The van der Waals surface area contributed by atoms with Gasteiger partial charge in [-0.1, -0.05) is 18.2 Å². The van der Waals surface area contributed by atoms with Gasteiger partial charge in [-0.25, -0.2) is 0 Å². The molecule has 0 saturated heterocycles. The summed E-state index contributed by atoms with van der Waals surface area (Å²) in [7, 11) is 0. The number of benzene rings is 1. The van der Waals surface area contributed by atoms with Crippen LogP contribution in [0.2, 0.25) is 0 Å². The standard InChI is InChI=1S/C13H18F3NO/c1-12(2,6-7-18)17-9-10-4-3-5-11(8-10)13(14,15)16/h3-5,8,17-18H,6-7,9H2,1-2H3. The molecule has 1 rings (SSSR count). The average molecular weight is 261 g/mol. The number of halogens is 3. The summed E-state index contributed by atoms with van der Waals surface area (Å²) < 4.78 is 37.5. The van der Waals surface area contributed by atoms with Crippen LogP contribution in [0, 0.1) is 0 Å². The number of rotatable bonds is 5. The SMILES string of the molecule is CC(C)(CCO)NCc1cccc(C(F)(F)F)c1. The quantitative estimate of drug-likeness (QED) is 0.854. The molecule has 0 aliphatic carbocycles. The van der Waals surface area contributed by atoms with E-state index in [-0.39, 0.29) is 12.1 Å². The first-order valence-corrected chi connectivity index (χ1v) is 5.77. The predicted octanol–water partition coefficient (Wildman–Crippen LogP) is 2.96. The fourth-order valence-electron chi connectivity index (χ4n) is 1.57. The fourth-order valence-corrected chi connectivity index (χ4v) is 1.57. The molecular formula is C13H18F3NO. The molecule has 0 heterocycles. The third-order valence-corrected chi connectivity index (χ3v) is 2.76. The first-order chi connectivity index (χ1) is 8.24. The van der Waals surface area contributed by atoms with E-state index in [0.717, 1.165) is 12.1 Å². The van der Waals surface area contributed by atoms with Gasteiger partial charge in [0, 0.05) is 18.7 Å². The second kappa shape index (κ2) is 5.71. The zero-order valence-corrected chi connectivity index (χ0v) is 10.5. The van der Waals surface area contributed by atoms with E-state index in [1.54, 1.807) is 6.07 Å². The Morgan fingerprint density at radius 3 is 2.44 bits per heavy atom. The molecule has 0 aromatic heterocycles. The molecule has 1 aromatic carbocycles. The number of nitrogens with one attached hydrogen (secondary N) is 1. The number of hydrogen-bond donors (Lipinski definition) is 2. The Balaban J connectivity index is 2.69. The van der Waals surface area contributed by atoms with Gasteiger partial charge >= 0.3 is 6.18 Å². The molecule has 0 spiro atoms. The van der Waals surface area contributed by atoms with Crippen LogP contribution in [0.5, 0.6) is 0 Å². The number of hydrogen-bond acceptors (Lipinski definition) is 2. The van der Waals surface area contributed by atoms with Crippen LogP contribution in [0.15, 0.2) is 24.3 Å². The summed E-state index contributed by atoms with van der Waals surface area (Å²) in [6, 6.07) is 5.25. The van der Waals surface area contributed by atoms with E-state index in [4.69, 9.17) is 5.11 Å². The fraction of sp³-hybridized carbons (Fsp3) is 0.538. The van der Waals surface area contributed by atoms with Crippen molar-refractivity contribution in [3.05, 3.63) is 35.4 Å². The summed E-state index contributed by atoms with van der Waals surface area (Å²) in [6.45, 7) is 4.19. The molecule has 0 fully saturated rings. The van der Waals surface area contributed by atoms with Gasteiger partial charge in [0.25, 0.3) is 0 Å². The molecule has 102 valence electrons. The third-order valence-electron chi connectivity index (χ3n) is 2.76. The van der Waals surface area contributed by atoms with Crippen LogP contribution in [0.1, 0.15) is 31.4 Å². The second-order valence-corrected chi connectivity index (χ2v) is 4.91. The van der Waals surface area contributed by atoms with Gasteiger partial charge in [0.05, 0.1) is 5.56 Å². The summed E-state index contributed by atoms with van der Waals surface area (Å²) in [5.74, 6) is 0. The van der Waals surface area contributed by atoms with E-state index in [2.05, 4.69) is 5.32 Å². The average Bonchev–Trinajstić information content (AvgIpc) is 2.26. The third kappa shape index (κ3) is 4.66. The van der Waals surface area contributed by atoms with Crippen molar-refractivity contribution in [2.45, 2.75) is 38.5 Å². The molecule has 0 atom stereocenters. The van der Waals surface area contributed by atoms with Crippen LogP contribution in [0.3, 0.4) is 0 Å². The highest BCUT2D eigenvalue weighted by Crippen LogP contribution is 2.29. The Morgan fingerprint density at radius 2 is 1.89 bits per heavy atom. The van der Waals surface area contributed by atoms with Gasteiger partial charge in [0.2, 0.25) is 0 Å². The lowest BCUT2D eigenvalue weighted by molar-refractivity contribution is -0.137. The van der Waals surface area contributed by atoms with E-state index in [1.165, 1.54) is 6.07 Å². The molecule has 2 N–H and O–H groups in total. The van der Waals surface area contributed by atoms with Crippen molar-refractivity contribution in [2.75, 3.05) is 6.61 Å². The van der Waals surface area contributed by atoms with E-state index >= 15 is 0 Å². The minimum absolute atomic E-state index is 0.0442. The first kappa shape index (κ1) is 15.0. The highest BCUT2D eigenvalue weighted by molar-refractivity contribution is 5.25. The second-order valence-electron chi connectivity index (χ2n) is 4.91. The van der Waals surface area contributed by atoms with Gasteiger partial charge in [-0.3, -0.25) is 0 Å². The largest absolute Gasteiger partial charge is 0.416 e. The highest BCUT2D eigenvalue weighted by Gasteiger charge is 2.30. The van der Waals surface area contributed by atoms with E-state index in [9.17, 15) is 13.2 Å². The van der Waals surface area contributed by atoms with Crippen molar-refractivity contribution in [1.82, 2.24) is 5.32 Å². The smallest absolute Gasteiger partial charge is 0.396 e. The summed E-state index contributed by atoms with van der Waals surface area (Å²) in [4.78, 5) is 0. The van der Waals surface area contributed by atoms with Crippen molar-refractivity contribution in [1.29, 1.82) is 0 Å². The Kier molecular flexibility index (Phi) is 4.76. The molecule has 1 aromatic rings. The summed E-state index contributed by atoms with van der Waals surface area (Å²) in [6.07, 6.45) is -3.76. The Bertz CT molecular complexity index is 388. The van der Waals surface area contributed by atoms with Gasteiger partial charge in [-0.05, 0) is 31.9 Å². The summed E-state index contributed by atoms with van der Waals surface area (Å²) in [5.41, 5.74) is -0.360. The van der Waals surface area contributed by atoms with Crippen molar-refractivity contribution < 1.29 is 18.3 Å². The lowest BCUT2D eigenvalue weighted by atomic mass is 10.0. The predicted molar refractivity (Wildman–Crippen MR) is 64.1 cm³/mol. The molecule has 0 bridgehead atoms. The maximum absolute atomic E-state index is 12.5. The van der Waals surface area contributed by atoms with Gasteiger partial charge < -0.3 is 10.4 Å². The van der Waals surface area contributed by atoms with Gasteiger partial charge in [-0.2, -0.15) is 13.2 Å². The van der Waals surface area contributed by atoms with Crippen LogP contribution < -0.4 is 5.32 Å². The Hall–Kier alpha value is -1.07. The lowest BCUT2D eigenvalue weighted by Crippen LogP contribution is -2.39.